The van der Waals surface area contributed by atoms with Gasteiger partial charge in [0, 0.05) is 12.7 Å². The molecule has 0 bridgehead atoms. The van der Waals surface area contributed by atoms with Crippen LogP contribution in [0.3, 0.4) is 0 Å². The quantitative estimate of drug-likeness (QED) is 0.909. The minimum absolute atomic E-state index is 0.225. The Morgan fingerprint density at radius 1 is 1.47 bits per heavy atom. The van der Waals surface area contributed by atoms with E-state index < -0.39 is 5.97 Å². The zero-order valence-corrected chi connectivity index (χ0v) is 10.3. The van der Waals surface area contributed by atoms with Crippen molar-refractivity contribution in [3.63, 3.8) is 0 Å². The molecule has 5 heteroatoms. The van der Waals surface area contributed by atoms with Gasteiger partial charge in [-0.1, -0.05) is 6.07 Å². The van der Waals surface area contributed by atoms with E-state index in [1.165, 1.54) is 7.11 Å². The number of rotatable bonds is 4. The average Bonchev–Trinajstić information content (AvgIpc) is 2.87. The van der Waals surface area contributed by atoms with Gasteiger partial charge in [0.1, 0.15) is 17.5 Å². The summed E-state index contributed by atoms with van der Waals surface area (Å²) in [6, 6.07) is 10.5. The number of methoxy groups -OCH3 is 1. The van der Waals surface area contributed by atoms with Crippen LogP contribution in [-0.2, 0) is 6.54 Å². The summed E-state index contributed by atoms with van der Waals surface area (Å²) in [7, 11) is 1.50. The molecule has 2 rings (SSSR count). The lowest BCUT2D eigenvalue weighted by Crippen LogP contribution is -2.08. The summed E-state index contributed by atoms with van der Waals surface area (Å²) in [5, 5.41) is 17.9. The van der Waals surface area contributed by atoms with Crippen molar-refractivity contribution < 1.29 is 14.6 Å². The Bertz CT molecular complexity index is 653. The maximum absolute atomic E-state index is 11.0. The van der Waals surface area contributed by atoms with Crippen molar-refractivity contribution in [2.24, 2.45) is 0 Å². The van der Waals surface area contributed by atoms with E-state index in [0.29, 0.717) is 17.9 Å². The molecule has 0 fully saturated rings. The van der Waals surface area contributed by atoms with Crippen LogP contribution in [0.2, 0.25) is 0 Å². The molecule has 0 saturated heterocycles. The van der Waals surface area contributed by atoms with Crippen LogP contribution < -0.4 is 4.74 Å². The molecule has 1 aromatic carbocycles. The van der Waals surface area contributed by atoms with E-state index in [2.05, 4.69) is 0 Å². The van der Waals surface area contributed by atoms with Gasteiger partial charge in [-0.25, -0.2) is 4.79 Å². The second kappa shape index (κ2) is 5.27. The second-order valence-electron chi connectivity index (χ2n) is 3.97. The molecule has 1 N–H and O–H groups in total. The lowest BCUT2D eigenvalue weighted by Gasteiger charge is -2.09. The van der Waals surface area contributed by atoms with Crippen molar-refractivity contribution in [2.75, 3.05) is 7.11 Å². The molecule has 0 radical (unpaired) electrons. The molecular formula is C14H12N2O3. The molecule has 0 unspecified atom stereocenters. The number of hydrogen-bond donors (Lipinski definition) is 1. The molecule has 0 aliphatic carbocycles. The Kier molecular flexibility index (Phi) is 3.53. The predicted octanol–water partition coefficient (Wildman–Crippen LogP) is 2.11. The zero-order valence-electron chi connectivity index (χ0n) is 10.3. The van der Waals surface area contributed by atoms with Crippen molar-refractivity contribution >= 4 is 5.97 Å². The number of aromatic carboxylic acids is 1. The number of carbonyl (C=O) groups is 1. The molecule has 5 nitrogen and oxygen atoms in total. The molecule has 0 spiro atoms. The molecule has 1 heterocycles. The summed E-state index contributed by atoms with van der Waals surface area (Å²) in [5.41, 5.74) is 1.55. The van der Waals surface area contributed by atoms with Gasteiger partial charge in [0.05, 0.1) is 12.7 Å². The van der Waals surface area contributed by atoms with Crippen molar-refractivity contribution in [2.45, 2.75) is 6.54 Å². The van der Waals surface area contributed by atoms with Gasteiger partial charge in [-0.2, -0.15) is 5.26 Å². The summed E-state index contributed by atoms with van der Waals surface area (Å²) in [6.07, 6.45) is 1.70. The highest BCUT2D eigenvalue weighted by atomic mass is 16.5. The van der Waals surface area contributed by atoms with Crippen molar-refractivity contribution in [1.29, 1.82) is 5.26 Å². The van der Waals surface area contributed by atoms with Crippen LogP contribution in [0.4, 0.5) is 0 Å². The maximum atomic E-state index is 11.0. The normalized spacial score (nSPS) is 9.89. The summed E-state index contributed by atoms with van der Waals surface area (Å²) in [5.74, 6) is -0.477. The lowest BCUT2D eigenvalue weighted by molar-refractivity contribution is 0.0685. The third-order valence-corrected chi connectivity index (χ3v) is 2.79. The van der Waals surface area contributed by atoms with Gasteiger partial charge in [0.25, 0.3) is 0 Å². The Balaban J connectivity index is 2.31. The van der Waals surface area contributed by atoms with Gasteiger partial charge in [-0.15, -0.1) is 0 Å². The summed E-state index contributed by atoms with van der Waals surface area (Å²) in [4.78, 5) is 11.0. The first-order chi connectivity index (χ1) is 9.15. The summed E-state index contributed by atoms with van der Waals surface area (Å²) in [6.45, 7) is 0.413. The van der Waals surface area contributed by atoms with Gasteiger partial charge in [-0.05, 0) is 29.8 Å². The van der Waals surface area contributed by atoms with E-state index in [4.69, 9.17) is 15.1 Å². The van der Waals surface area contributed by atoms with Crippen LogP contribution in [0.15, 0.2) is 36.5 Å². The Hall–Kier alpha value is -2.74. The SMILES string of the molecule is COc1cc(Cn2cccc2C(=O)O)ccc1C#N. The van der Waals surface area contributed by atoms with Crippen LogP contribution >= 0.6 is 0 Å². The average molecular weight is 256 g/mol. The predicted molar refractivity (Wildman–Crippen MR) is 68.2 cm³/mol. The van der Waals surface area contributed by atoms with Crippen LogP contribution in [0.25, 0.3) is 0 Å². The van der Waals surface area contributed by atoms with Crippen LogP contribution in [-0.4, -0.2) is 22.8 Å². The molecule has 0 atom stereocenters. The number of nitrogens with zero attached hydrogens (tertiary/aromatic N) is 2. The van der Waals surface area contributed by atoms with Gasteiger partial charge < -0.3 is 14.4 Å². The first kappa shape index (κ1) is 12.7. The molecule has 0 aliphatic heterocycles. The fraction of sp³-hybridized carbons (Fsp3) is 0.143. The largest absolute Gasteiger partial charge is 0.495 e. The van der Waals surface area contributed by atoms with Crippen molar-refractivity contribution in [3.05, 3.63) is 53.3 Å². The van der Waals surface area contributed by atoms with Crippen molar-refractivity contribution in [1.82, 2.24) is 4.57 Å². The number of ether oxygens (including phenoxy) is 1. The highest BCUT2D eigenvalue weighted by Crippen LogP contribution is 2.20. The number of aromatic nitrogens is 1. The van der Waals surface area contributed by atoms with Gasteiger partial charge >= 0.3 is 5.97 Å². The van der Waals surface area contributed by atoms with Crippen LogP contribution in [0.1, 0.15) is 21.6 Å². The smallest absolute Gasteiger partial charge is 0.352 e. The van der Waals surface area contributed by atoms with Crippen LogP contribution in [0, 0.1) is 11.3 Å². The fourth-order valence-electron chi connectivity index (χ4n) is 1.87. The van der Waals surface area contributed by atoms with Gasteiger partial charge in [-0.3, -0.25) is 0 Å². The zero-order chi connectivity index (χ0) is 13.8. The van der Waals surface area contributed by atoms with E-state index >= 15 is 0 Å². The fourth-order valence-corrected chi connectivity index (χ4v) is 1.87. The highest BCUT2D eigenvalue weighted by molar-refractivity contribution is 5.85. The van der Waals surface area contributed by atoms with E-state index in [9.17, 15) is 4.79 Å². The maximum Gasteiger partial charge on any atom is 0.352 e. The molecule has 0 amide bonds. The number of hydrogen-bond acceptors (Lipinski definition) is 3. The Morgan fingerprint density at radius 3 is 2.89 bits per heavy atom. The van der Waals surface area contributed by atoms with E-state index in [-0.39, 0.29) is 5.69 Å². The third kappa shape index (κ3) is 2.58. The number of carboxylic acid groups (broad SMARTS) is 1. The topological polar surface area (TPSA) is 75.2 Å². The highest BCUT2D eigenvalue weighted by Gasteiger charge is 2.10. The monoisotopic (exact) mass is 256 g/mol. The second-order valence-corrected chi connectivity index (χ2v) is 3.97. The molecule has 96 valence electrons. The van der Waals surface area contributed by atoms with Gasteiger partial charge in [0.2, 0.25) is 0 Å². The molecule has 0 aliphatic rings. The van der Waals surface area contributed by atoms with E-state index in [1.54, 1.807) is 41.1 Å². The lowest BCUT2D eigenvalue weighted by atomic mass is 10.1. The number of nitriles is 1. The summed E-state index contributed by atoms with van der Waals surface area (Å²) >= 11 is 0. The standard InChI is InChI=1S/C14H12N2O3/c1-19-13-7-10(4-5-11(13)8-15)9-16-6-2-3-12(16)14(17)18/h2-7H,9H2,1H3,(H,17,18). The molecular weight excluding hydrogens is 244 g/mol. The minimum atomic E-state index is -0.967. The minimum Gasteiger partial charge on any atom is -0.495 e. The molecule has 0 saturated carbocycles. The van der Waals surface area contributed by atoms with Crippen LogP contribution in [0.5, 0.6) is 5.75 Å². The molecule has 2 aromatic rings. The Morgan fingerprint density at radius 2 is 2.26 bits per heavy atom. The Labute approximate surface area is 110 Å². The molecule has 1 aromatic heterocycles. The first-order valence-electron chi connectivity index (χ1n) is 5.61. The van der Waals surface area contributed by atoms with E-state index in [0.717, 1.165) is 5.56 Å². The summed E-state index contributed by atoms with van der Waals surface area (Å²) < 4.78 is 6.75. The van der Waals surface area contributed by atoms with E-state index in [1.807, 2.05) is 6.07 Å². The van der Waals surface area contributed by atoms with Crippen molar-refractivity contribution in [3.8, 4) is 11.8 Å². The first-order valence-corrected chi connectivity index (χ1v) is 5.61. The van der Waals surface area contributed by atoms with Gasteiger partial charge in [0.15, 0.2) is 0 Å². The third-order valence-electron chi connectivity index (χ3n) is 2.79. The number of benzene rings is 1. The number of carboxylic acids is 1. The molecule has 19 heavy (non-hydrogen) atoms.